The van der Waals surface area contributed by atoms with Gasteiger partial charge in [0.2, 0.25) is 5.91 Å². The van der Waals surface area contributed by atoms with Crippen LogP contribution < -0.4 is 15.6 Å². The Bertz CT molecular complexity index is 1140. The van der Waals surface area contributed by atoms with Gasteiger partial charge in [-0.2, -0.15) is 0 Å². The van der Waals surface area contributed by atoms with Crippen LogP contribution >= 0.6 is 23.4 Å². The number of benzene rings is 2. The van der Waals surface area contributed by atoms with E-state index in [-0.39, 0.29) is 23.3 Å². The highest BCUT2D eigenvalue weighted by atomic mass is 35.5. The number of thioether (sulfide) groups is 1. The van der Waals surface area contributed by atoms with E-state index in [9.17, 15) is 9.59 Å². The number of rotatable bonds is 6. The van der Waals surface area contributed by atoms with Gasteiger partial charge >= 0.3 is 0 Å². The molecule has 0 bridgehead atoms. The van der Waals surface area contributed by atoms with E-state index in [1.807, 2.05) is 24.3 Å². The Hall–Kier alpha value is -2.51. The highest BCUT2D eigenvalue weighted by Crippen LogP contribution is 2.32. The SMILES string of the molecule is COc1ccc(Cl)cc1NC(=O)CSc1nc2ccccc2c(=O)n1C1CCCC1. The van der Waals surface area contributed by atoms with Crippen LogP contribution in [0.2, 0.25) is 5.02 Å². The lowest BCUT2D eigenvalue weighted by Crippen LogP contribution is -2.27. The molecule has 3 aromatic rings. The summed E-state index contributed by atoms with van der Waals surface area (Å²) >= 11 is 7.31. The van der Waals surface area contributed by atoms with Gasteiger partial charge in [-0.3, -0.25) is 14.2 Å². The van der Waals surface area contributed by atoms with Gasteiger partial charge in [0, 0.05) is 11.1 Å². The summed E-state index contributed by atoms with van der Waals surface area (Å²) in [6, 6.07) is 12.5. The number of carbonyl (C=O) groups excluding carboxylic acids is 1. The van der Waals surface area contributed by atoms with Crippen LogP contribution in [0.1, 0.15) is 31.7 Å². The van der Waals surface area contributed by atoms with E-state index in [1.165, 1.54) is 18.9 Å². The fraction of sp³-hybridized carbons (Fsp3) is 0.318. The quantitative estimate of drug-likeness (QED) is 0.433. The number of nitrogens with zero attached hydrogens (tertiary/aromatic N) is 2. The standard InChI is InChI=1S/C22H22ClN3O3S/c1-29-19-11-10-14(23)12-18(19)24-20(27)13-30-22-25-17-9-5-4-8-16(17)21(28)26(22)15-6-2-3-7-15/h4-5,8-12,15H,2-3,6-7,13H2,1H3,(H,24,27). The molecule has 1 fully saturated rings. The first-order valence-electron chi connectivity index (χ1n) is 9.84. The molecule has 30 heavy (non-hydrogen) atoms. The third-order valence-corrected chi connectivity index (χ3v) is 6.42. The number of amides is 1. The van der Waals surface area contributed by atoms with Crippen LogP contribution in [0.25, 0.3) is 10.9 Å². The van der Waals surface area contributed by atoms with E-state index in [4.69, 9.17) is 21.3 Å². The summed E-state index contributed by atoms with van der Waals surface area (Å²) in [6.07, 6.45) is 4.12. The fourth-order valence-corrected chi connectivity index (χ4v) is 4.84. The maximum Gasteiger partial charge on any atom is 0.262 e. The minimum Gasteiger partial charge on any atom is -0.495 e. The molecule has 1 saturated carbocycles. The lowest BCUT2D eigenvalue weighted by molar-refractivity contribution is -0.113. The normalized spacial score (nSPS) is 14.2. The Kier molecular flexibility index (Phi) is 6.29. The molecule has 0 atom stereocenters. The van der Waals surface area contributed by atoms with Crippen molar-refractivity contribution in [2.24, 2.45) is 0 Å². The molecule has 156 valence electrons. The number of fused-ring (bicyclic) bond motifs is 1. The number of nitrogens with one attached hydrogen (secondary N) is 1. The summed E-state index contributed by atoms with van der Waals surface area (Å²) in [7, 11) is 1.53. The monoisotopic (exact) mass is 443 g/mol. The predicted molar refractivity (Wildman–Crippen MR) is 121 cm³/mol. The average Bonchev–Trinajstić information content (AvgIpc) is 3.27. The molecule has 8 heteroatoms. The van der Waals surface area contributed by atoms with Gasteiger partial charge in [0.25, 0.3) is 5.56 Å². The van der Waals surface area contributed by atoms with E-state index < -0.39 is 0 Å². The van der Waals surface area contributed by atoms with Crippen LogP contribution in [0.4, 0.5) is 5.69 Å². The van der Waals surface area contributed by atoms with Gasteiger partial charge in [-0.05, 0) is 43.2 Å². The van der Waals surface area contributed by atoms with E-state index in [2.05, 4.69) is 5.32 Å². The Labute approximate surface area is 183 Å². The Morgan fingerprint density at radius 3 is 2.80 bits per heavy atom. The van der Waals surface area contributed by atoms with Crippen molar-refractivity contribution in [3.8, 4) is 5.75 Å². The highest BCUT2D eigenvalue weighted by Gasteiger charge is 2.23. The second-order valence-electron chi connectivity index (χ2n) is 7.21. The van der Waals surface area contributed by atoms with E-state index >= 15 is 0 Å². The van der Waals surface area contributed by atoms with Gasteiger partial charge < -0.3 is 10.1 Å². The van der Waals surface area contributed by atoms with Gasteiger partial charge in [-0.15, -0.1) is 0 Å². The molecule has 0 spiro atoms. The van der Waals surface area contributed by atoms with Gasteiger partial charge in [0.05, 0.1) is 29.5 Å². The van der Waals surface area contributed by atoms with Crippen molar-refractivity contribution in [2.75, 3.05) is 18.2 Å². The number of anilines is 1. The van der Waals surface area contributed by atoms with Crippen molar-refractivity contribution in [2.45, 2.75) is 36.9 Å². The lowest BCUT2D eigenvalue weighted by Gasteiger charge is -2.18. The summed E-state index contributed by atoms with van der Waals surface area (Å²) in [5, 5.41) is 4.53. The van der Waals surface area contributed by atoms with Crippen molar-refractivity contribution >= 4 is 45.9 Å². The molecule has 0 saturated heterocycles. The number of ether oxygens (including phenoxy) is 1. The number of hydrogen-bond donors (Lipinski definition) is 1. The summed E-state index contributed by atoms with van der Waals surface area (Å²) in [5.41, 5.74) is 1.12. The molecule has 1 N–H and O–H groups in total. The van der Waals surface area contributed by atoms with Crippen molar-refractivity contribution in [1.29, 1.82) is 0 Å². The topological polar surface area (TPSA) is 73.2 Å². The third-order valence-electron chi connectivity index (χ3n) is 5.23. The maximum atomic E-state index is 13.2. The summed E-state index contributed by atoms with van der Waals surface area (Å²) in [6.45, 7) is 0. The summed E-state index contributed by atoms with van der Waals surface area (Å²) in [4.78, 5) is 30.5. The Morgan fingerprint density at radius 2 is 2.03 bits per heavy atom. The third kappa shape index (κ3) is 4.32. The molecule has 4 rings (SSSR count). The van der Waals surface area contributed by atoms with Gasteiger partial charge in [-0.25, -0.2) is 4.98 Å². The van der Waals surface area contributed by atoms with E-state index in [0.29, 0.717) is 32.5 Å². The largest absolute Gasteiger partial charge is 0.495 e. The molecule has 1 heterocycles. The molecule has 0 unspecified atom stereocenters. The summed E-state index contributed by atoms with van der Waals surface area (Å²) < 4.78 is 7.06. The van der Waals surface area contributed by atoms with Crippen molar-refractivity contribution in [3.63, 3.8) is 0 Å². The van der Waals surface area contributed by atoms with Gasteiger partial charge in [0.15, 0.2) is 5.16 Å². The fourth-order valence-electron chi connectivity index (χ4n) is 3.81. The average molecular weight is 444 g/mol. The zero-order valence-corrected chi connectivity index (χ0v) is 18.1. The van der Waals surface area contributed by atoms with Crippen LogP contribution in [0, 0.1) is 0 Å². The molecular weight excluding hydrogens is 422 g/mol. The molecule has 1 aromatic heterocycles. The molecule has 0 aliphatic heterocycles. The lowest BCUT2D eigenvalue weighted by atomic mass is 10.2. The molecular formula is C22H22ClN3O3S. The number of halogens is 1. The molecule has 6 nitrogen and oxygen atoms in total. The van der Waals surface area contributed by atoms with Crippen LogP contribution in [0.5, 0.6) is 5.75 Å². The number of carbonyl (C=O) groups is 1. The smallest absolute Gasteiger partial charge is 0.262 e. The maximum absolute atomic E-state index is 13.2. The van der Waals surface area contributed by atoms with Crippen molar-refractivity contribution in [1.82, 2.24) is 9.55 Å². The van der Waals surface area contributed by atoms with Crippen molar-refractivity contribution in [3.05, 3.63) is 57.8 Å². The second-order valence-corrected chi connectivity index (χ2v) is 8.59. The molecule has 1 amide bonds. The minimum absolute atomic E-state index is 0.0353. The summed E-state index contributed by atoms with van der Waals surface area (Å²) in [5.74, 6) is 0.429. The van der Waals surface area contributed by atoms with E-state index in [1.54, 1.807) is 22.8 Å². The second kappa shape index (κ2) is 9.10. The highest BCUT2D eigenvalue weighted by molar-refractivity contribution is 7.99. The molecule has 2 aromatic carbocycles. The molecule has 1 aliphatic rings. The molecule has 1 aliphatic carbocycles. The zero-order chi connectivity index (χ0) is 21.1. The first kappa shape index (κ1) is 20.8. The Balaban J connectivity index is 1.59. The first-order valence-corrected chi connectivity index (χ1v) is 11.2. The number of methoxy groups -OCH3 is 1. The first-order chi connectivity index (χ1) is 14.6. The van der Waals surface area contributed by atoms with Crippen LogP contribution in [0.15, 0.2) is 52.4 Å². The number of para-hydroxylation sites is 1. The van der Waals surface area contributed by atoms with Crippen LogP contribution in [-0.4, -0.2) is 28.3 Å². The Morgan fingerprint density at radius 1 is 1.27 bits per heavy atom. The van der Waals surface area contributed by atoms with Gasteiger partial charge in [-0.1, -0.05) is 48.3 Å². The van der Waals surface area contributed by atoms with E-state index in [0.717, 1.165) is 25.7 Å². The number of aromatic nitrogens is 2. The predicted octanol–water partition coefficient (Wildman–Crippen LogP) is 4.90. The van der Waals surface area contributed by atoms with Crippen LogP contribution in [0.3, 0.4) is 0 Å². The van der Waals surface area contributed by atoms with Gasteiger partial charge in [0.1, 0.15) is 5.75 Å². The molecule has 0 radical (unpaired) electrons. The minimum atomic E-state index is -0.221. The zero-order valence-electron chi connectivity index (χ0n) is 16.6. The number of hydrogen-bond acceptors (Lipinski definition) is 5. The van der Waals surface area contributed by atoms with Crippen LogP contribution in [-0.2, 0) is 4.79 Å². The van der Waals surface area contributed by atoms with Crippen molar-refractivity contribution < 1.29 is 9.53 Å².